The Morgan fingerprint density at radius 3 is 2.41 bits per heavy atom. The van der Waals surface area contributed by atoms with Gasteiger partial charge in [-0.3, -0.25) is 4.79 Å². The maximum Gasteiger partial charge on any atom is 0.233 e. The lowest BCUT2D eigenvalue weighted by atomic mass is 10.1. The highest BCUT2D eigenvalue weighted by molar-refractivity contribution is 8.00. The molecule has 0 aliphatic carbocycles. The highest BCUT2D eigenvalue weighted by Gasteiger charge is 2.15. The molecule has 146 valence electrons. The van der Waals surface area contributed by atoms with Crippen molar-refractivity contribution < 1.29 is 19.0 Å². The van der Waals surface area contributed by atoms with Gasteiger partial charge in [0.1, 0.15) is 5.75 Å². The number of benzene rings is 2. The number of carbonyl (C=O) groups is 1. The molecule has 1 atom stereocenters. The highest BCUT2D eigenvalue weighted by atomic mass is 32.2. The fourth-order valence-electron chi connectivity index (χ4n) is 2.69. The average Bonchev–Trinajstić information content (AvgIpc) is 2.71. The van der Waals surface area contributed by atoms with E-state index in [2.05, 4.69) is 11.4 Å². The molecule has 0 radical (unpaired) electrons. The molecule has 0 spiro atoms. The zero-order valence-electron chi connectivity index (χ0n) is 16.3. The first-order chi connectivity index (χ1) is 13.1. The van der Waals surface area contributed by atoms with Gasteiger partial charge >= 0.3 is 0 Å². The van der Waals surface area contributed by atoms with Crippen molar-refractivity contribution in [1.29, 1.82) is 0 Å². The molecule has 1 N–H and O–H groups in total. The molecule has 0 fully saturated rings. The van der Waals surface area contributed by atoms with E-state index in [9.17, 15) is 4.79 Å². The lowest BCUT2D eigenvalue weighted by Gasteiger charge is -2.14. The minimum atomic E-state index is -0.200. The number of aryl methyl sites for hydroxylation is 1. The van der Waals surface area contributed by atoms with E-state index < -0.39 is 0 Å². The number of para-hydroxylation sites is 1. The number of amides is 1. The smallest absolute Gasteiger partial charge is 0.233 e. The Hall–Kier alpha value is -2.34. The second-order valence-electron chi connectivity index (χ2n) is 5.98. The topological polar surface area (TPSA) is 56.8 Å². The summed E-state index contributed by atoms with van der Waals surface area (Å²) in [5.41, 5.74) is 1.15. The van der Waals surface area contributed by atoms with Crippen LogP contribution in [0.2, 0.25) is 0 Å². The minimum absolute atomic E-state index is 0.0230. The average molecular weight is 390 g/mol. The number of rotatable bonds is 10. The van der Waals surface area contributed by atoms with Crippen LogP contribution in [0, 0.1) is 0 Å². The van der Waals surface area contributed by atoms with Gasteiger partial charge in [0.05, 0.1) is 26.6 Å². The Morgan fingerprint density at radius 2 is 1.70 bits per heavy atom. The molecule has 0 unspecified atom stereocenters. The molecular weight excluding hydrogens is 362 g/mol. The van der Waals surface area contributed by atoms with Crippen molar-refractivity contribution in [3.63, 3.8) is 0 Å². The number of hydrogen-bond donors (Lipinski definition) is 1. The molecule has 6 heteroatoms. The summed E-state index contributed by atoms with van der Waals surface area (Å²) in [7, 11) is 4.88. The van der Waals surface area contributed by atoms with Gasteiger partial charge in [-0.1, -0.05) is 18.2 Å². The van der Waals surface area contributed by atoms with Crippen molar-refractivity contribution in [2.75, 3.05) is 27.9 Å². The quantitative estimate of drug-likeness (QED) is 0.493. The molecule has 27 heavy (non-hydrogen) atoms. The van der Waals surface area contributed by atoms with E-state index in [-0.39, 0.29) is 11.2 Å². The van der Waals surface area contributed by atoms with Gasteiger partial charge in [-0.25, -0.2) is 0 Å². The van der Waals surface area contributed by atoms with Crippen LogP contribution in [0.25, 0.3) is 0 Å². The molecule has 0 saturated heterocycles. The summed E-state index contributed by atoms with van der Waals surface area (Å²) < 4.78 is 15.9. The first-order valence-electron chi connectivity index (χ1n) is 8.87. The Balaban J connectivity index is 1.80. The van der Waals surface area contributed by atoms with Gasteiger partial charge in [-0.15, -0.1) is 11.8 Å². The van der Waals surface area contributed by atoms with Crippen LogP contribution in [0.3, 0.4) is 0 Å². The molecule has 0 bridgehead atoms. The normalized spacial score (nSPS) is 11.6. The van der Waals surface area contributed by atoms with Gasteiger partial charge in [0.15, 0.2) is 11.5 Å². The van der Waals surface area contributed by atoms with Gasteiger partial charge in [0.25, 0.3) is 0 Å². The van der Waals surface area contributed by atoms with Gasteiger partial charge < -0.3 is 19.5 Å². The second-order valence-corrected chi connectivity index (χ2v) is 7.40. The van der Waals surface area contributed by atoms with Crippen LogP contribution in [-0.4, -0.2) is 39.0 Å². The Labute approximate surface area is 165 Å². The summed E-state index contributed by atoms with van der Waals surface area (Å²) in [5, 5.41) is 2.81. The number of methoxy groups -OCH3 is 3. The van der Waals surface area contributed by atoms with E-state index in [1.165, 1.54) is 11.8 Å². The van der Waals surface area contributed by atoms with Crippen LogP contribution in [0.1, 0.15) is 18.9 Å². The Morgan fingerprint density at radius 1 is 1.00 bits per heavy atom. The number of ether oxygens (including phenoxy) is 3. The van der Waals surface area contributed by atoms with Crippen LogP contribution in [0.4, 0.5) is 0 Å². The van der Waals surface area contributed by atoms with E-state index in [0.717, 1.165) is 29.1 Å². The van der Waals surface area contributed by atoms with E-state index in [0.29, 0.717) is 18.0 Å². The minimum Gasteiger partial charge on any atom is -0.496 e. The summed E-state index contributed by atoms with van der Waals surface area (Å²) in [4.78, 5) is 13.3. The maximum atomic E-state index is 12.3. The number of nitrogens with one attached hydrogen (secondary N) is 1. The molecular formula is C21H27NO4S. The summed E-state index contributed by atoms with van der Waals surface area (Å²) in [6.45, 7) is 2.53. The molecule has 0 aliphatic rings. The first-order valence-corrected chi connectivity index (χ1v) is 9.75. The van der Waals surface area contributed by atoms with Crippen LogP contribution >= 0.6 is 11.8 Å². The van der Waals surface area contributed by atoms with Crippen LogP contribution in [-0.2, 0) is 11.2 Å². The van der Waals surface area contributed by atoms with Crippen molar-refractivity contribution in [3.8, 4) is 17.2 Å². The van der Waals surface area contributed by atoms with Gasteiger partial charge in [-0.05, 0) is 49.6 Å². The largest absolute Gasteiger partial charge is 0.496 e. The van der Waals surface area contributed by atoms with Crippen molar-refractivity contribution in [1.82, 2.24) is 5.32 Å². The SMILES string of the molecule is COc1ccccc1CCCNC(=O)[C@@H](C)Sc1ccc(OC)c(OC)c1. The molecule has 0 heterocycles. The van der Waals surface area contributed by atoms with E-state index in [1.807, 2.05) is 43.3 Å². The molecule has 2 rings (SSSR count). The van der Waals surface area contributed by atoms with Gasteiger partial charge in [0.2, 0.25) is 5.91 Å². The van der Waals surface area contributed by atoms with Crippen molar-refractivity contribution in [3.05, 3.63) is 48.0 Å². The van der Waals surface area contributed by atoms with E-state index in [4.69, 9.17) is 14.2 Å². The summed E-state index contributed by atoms with van der Waals surface area (Å²) in [6, 6.07) is 13.6. The highest BCUT2D eigenvalue weighted by Crippen LogP contribution is 2.33. The molecule has 0 saturated carbocycles. The predicted octanol–water partition coefficient (Wildman–Crippen LogP) is 3.94. The third kappa shape index (κ3) is 6.10. The van der Waals surface area contributed by atoms with Crippen LogP contribution in [0.5, 0.6) is 17.2 Å². The molecule has 2 aromatic rings. The zero-order valence-corrected chi connectivity index (χ0v) is 17.1. The monoisotopic (exact) mass is 389 g/mol. The van der Waals surface area contributed by atoms with Crippen LogP contribution < -0.4 is 19.5 Å². The predicted molar refractivity (Wildman–Crippen MR) is 109 cm³/mol. The van der Waals surface area contributed by atoms with Gasteiger partial charge in [0, 0.05) is 11.4 Å². The molecule has 0 aromatic heterocycles. The number of thioether (sulfide) groups is 1. The lowest BCUT2D eigenvalue weighted by Crippen LogP contribution is -2.31. The standard InChI is InChI=1S/C21H27NO4S/c1-15(27-17-11-12-19(25-3)20(14-17)26-4)21(23)22-13-7-9-16-8-5-6-10-18(16)24-2/h5-6,8,10-12,14-15H,7,9,13H2,1-4H3,(H,22,23)/t15-/m1/s1. The molecule has 2 aromatic carbocycles. The number of carbonyl (C=O) groups excluding carboxylic acids is 1. The van der Waals surface area contributed by atoms with Gasteiger partial charge in [-0.2, -0.15) is 0 Å². The third-order valence-corrected chi connectivity index (χ3v) is 5.25. The molecule has 0 aliphatic heterocycles. The fraction of sp³-hybridized carbons (Fsp3) is 0.381. The van der Waals surface area contributed by atoms with Crippen LogP contribution in [0.15, 0.2) is 47.4 Å². The summed E-state index contributed by atoms with van der Waals surface area (Å²) in [6.07, 6.45) is 1.72. The summed E-state index contributed by atoms with van der Waals surface area (Å²) in [5.74, 6) is 2.25. The van der Waals surface area contributed by atoms with Crippen molar-refractivity contribution in [2.45, 2.75) is 29.9 Å². The fourth-order valence-corrected chi connectivity index (χ4v) is 3.61. The Kier molecular flexibility index (Phi) is 8.33. The van der Waals surface area contributed by atoms with E-state index in [1.54, 1.807) is 21.3 Å². The molecule has 1 amide bonds. The molecule has 5 nitrogen and oxygen atoms in total. The maximum absolute atomic E-state index is 12.3. The lowest BCUT2D eigenvalue weighted by molar-refractivity contribution is -0.120. The van der Waals surface area contributed by atoms with Crippen molar-refractivity contribution >= 4 is 17.7 Å². The summed E-state index contributed by atoms with van der Waals surface area (Å²) >= 11 is 1.49. The second kappa shape index (κ2) is 10.7. The number of hydrogen-bond acceptors (Lipinski definition) is 5. The Bertz CT molecular complexity index is 751. The third-order valence-electron chi connectivity index (χ3n) is 4.15. The van der Waals surface area contributed by atoms with E-state index >= 15 is 0 Å². The first kappa shape index (κ1) is 21.0. The van der Waals surface area contributed by atoms with Crippen molar-refractivity contribution in [2.24, 2.45) is 0 Å². The zero-order chi connectivity index (χ0) is 19.6.